The van der Waals surface area contributed by atoms with Gasteiger partial charge < -0.3 is 15.2 Å². The number of anilines is 2. The van der Waals surface area contributed by atoms with E-state index in [2.05, 4.69) is 31.8 Å². The number of carbonyl (C=O) groups excluding carboxylic acids is 1. The quantitative estimate of drug-likeness (QED) is 0.493. The fourth-order valence-corrected chi connectivity index (χ4v) is 3.24. The van der Waals surface area contributed by atoms with E-state index in [0.717, 1.165) is 27.9 Å². The lowest BCUT2D eigenvalue weighted by Crippen LogP contribution is -2.20. The molecule has 2 N–H and O–H groups in total. The lowest BCUT2D eigenvalue weighted by Gasteiger charge is -2.12. The minimum Gasteiger partial charge on any atom is -0.339 e. The van der Waals surface area contributed by atoms with Gasteiger partial charge in [-0.15, -0.1) is 0 Å². The number of rotatable bonds is 5. The van der Waals surface area contributed by atoms with E-state index in [1.165, 1.54) is 0 Å². The summed E-state index contributed by atoms with van der Waals surface area (Å²) >= 11 is 0. The average Bonchev–Trinajstić information content (AvgIpc) is 3.18. The number of nitrogens with one attached hydrogen (secondary N) is 2. The average molecular weight is 399 g/mol. The van der Waals surface area contributed by atoms with E-state index in [1.54, 1.807) is 12.4 Å². The molecule has 4 rings (SSSR count). The zero-order chi connectivity index (χ0) is 20.9. The summed E-state index contributed by atoms with van der Waals surface area (Å²) in [6, 6.07) is 16.8. The molecule has 0 saturated carbocycles. The molecule has 150 valence electrons. The van der Waals surface area contributed by atoms with Gasteiger partial charge in [-0.1, -0.05) is 29.4 Å². The number of carbonyl (C=O) groups is 1. The smallest absolute Gasteiger partial charge is 0.323 e. The van der Waals surface area contributed by atoms with Crippen molar-refractivity contribution in [2.45, 2.75) is 20.3 Å². The predicted octanol–water partition coefficient (Wildman–Crippen LogP) is 4.98. The van der Waals surface area contributed by atoms with Gasteiger partial charge in [-0.3, -0.25) is 4.98 Å². The van der Waals surface area contributed by atoms with Crippen LogP contribution in [-0.2, 0) is 6.42 Å². The summed E-state index contributed by atoms with van der Waals surface area (Å²) in [4.78, 5) is 21.0. The van der Waals surface area contributed by atoms with E-state index in [0.29, 0.717) is 23.8 Å². The van der Waals surface area contributed by atoms with Crippen LogP contribution in [0.5, 0.6) is 0 Å². The highest BCUT2D eigenvalue weighted by Gasteiger charge is 2.13. The van der Waals surface area contributed by atoms with E-state index in [4.69, 9.17) is 4.52 Å². The Labute approximate surface area is 174 Å². The molecule has 0 radical (unpaired) electrons. The molecule has 0 bridgehead atoms. The summed E-state index contributed by atoms with van der Waals surface area (Å²) in [6.45, 7) is 3.99. The maximum absolute atomic E-state index is 12.5. The van der Waals surface area contributed by atoms with Crippen LogP contribution in [0.3, 0.4) is 0 Å². The van der Waals surface area contributed by atoms with Crippen LogP contribution in [0.4, 0.5) is 16.2 Å². The van der Waals surface area contributed by atoms with E-state index < -0.39 is 0 Å². The van der Waals surface area contributed by atoms with Gasteiger partial charge in [0.1, 0.15) is 0 Å². The first-order valence-corrected chi connectivity index (χ1v) is 9.54. The van der Waals surface area contributed by atoms with Gasteiger partial charge in [0.15, 0.2) is 0 Å². The molecule has 7 nitrogen and oxygen atoms in total. The predicted molar refractivity (Wildman–Crippen MR) is 115 cm³/mol. The second kappa shape index (κ2) is 8.57. The van der Waals surface area contributed by atoms with Crippen molar-refractivity contribution >= 4 is 17.4 Å². The minimum atomic E-state index is -0.310. The first-order valence-electron chi connectivity index (χ1n) is 9.54. The van der Waals surface area contributed by atoms with Crippen LogP contribution in [0.15, 0.2) is 71.5 Å². The van der Waals surface area contributed by atoms with Crippen LogP contribution in [0.25, 0.3) is 11.4 Å². The third-order valence-electron chi connectivity index (χ3n) is 4.49. The number of benzene rings is 2. The molecule has 0 aliphatic rings. The van der Waals surface area contributed by atoms with Gasteiger partial charge in [0, 0.05) is 29.3 Å². The highest BCUT2D eigenvalue weighted by atomic mass is 16.5. The van der Waals surface area contributed by atoms with Crippen molar-refractivity contribution in [3.8, 4) is 11.4 Å². The lowest BCUT2D eigenvalue weighted by atomic mass is 10.1. The Kier molecular flexibility index (Phi) is 5.52. The van der Waals surface area contributed by atoms with Gasteiger partial charge in [-0.2, -0.15) is 4.98 Å². The zero-order valence-corrected chi connectivity index (χ0v) is 16.7. The van der Waals surface area contributed by atoms with Crippen LogP contribution in [0.1, 0.15) is 22.6 Å². The fourth-order valence-electron chi connectivity index (χ4n) is 3.24. The number of hydrogen-bond donors (Lipinski definition) is 2. The van der Waals surface area contributed by atoms with E-state index in [1.807, 2.05) is 62.4 Å². The lowest BCUT2D eigenvalue weighted by molar-refractivity contribution is 0.262. The first-order chi connectivity index (χ1) is 14.6. The van der Waals surface area contributed by atoms with Gasteiger partial charge >= 0.3 is 6.03 Å². The van der Waals surface area contributed by atoms with Crippen LogP contribution in [0.2, 0.25) is 0 Å². The van der Waals surface area contributed by atoms with Crippen molar-refractivity contribution < 1.29 is 9.32 Å². The third-order valence-corrected chi connectivity index (χ3v) is 4.49. The third kappa shape index (κ3) is 4.70. The van der Waals surface area contributed by atoms with Gasteiger partial charge in [-0.25, -0.2) is 4.79 Å². The number of amides is 2. The van der Waals surface area contributed by atoms with Crippen molar-refractivity contribution in [2.24, 2.45) is 0 Å². The Balaban J connectivity index is 1.47. The summed E-state index contributed by atoms with van der Waals surface area (Å²) in [5, 5.41) is 9.82. The Hall–Kier alpha value is -4.00. The van der Waals surface area contributed by atoms with Crippen molar-refractivity contribution in [3.63, 3.8) is 0 Å². The zero-order valence-electron chi connectivity index (χ0n) is 16.7. The number of nitrogens with zero attached hydrogens (tertiary/aromatic N) is 3. The summed E-state index contributed by atoms with van der Waals surface area (Å²) in [5.41, 5.74) is 5.32. The molecule has 2 aromatic heterocycles. The molecule has 2 aromatic carbocycles. The number of para-hydroxylation sites is 1. The molecule has 0 saturated heterocycles. The molecule has 0 spiro atoms. The first kappa shape index (κ1) is 19.3. The van der Waals surface area contributed by atoms with Gasteiger partial charge in [0.2, 0.25) is 11.7 Å². The van der Waals surface area contributed by atoms with E-state index in [-0.39, 0.29) is 6.03 Å². The molecule has 7 heteroatoms. The highest BCUT2D eigenvalue weighted by Crippen LogP contribution is 2.21. The SMILES string of the molecule is Cc1cc(C)cc(NC(=O)Nc2ccccc2Cc2nc(-c3ccncc3)no2)c1. The standard InChI is InChI=1S/C23H21N5O2/c1-15-11-16(2)13-19(12-15)25-23(29)26-20-6-4-3-5-18(20)14-21-27-22(28-30-21)17-7-9-24-10-8-17/h3-13H,14H2,1-2H3,(H2,25,26,29). The van der Waals surface area contributed by atoms with Crippen LogP contribution >= 0.6 is 0 Å². The van der Waals surface area contributed by atoms with Gasteiger partial charge in [0.05, 0.1) is 6.42 Å². The molecule has 2 amide bonds. The summed E-state index contributed by atoms with van der Waals surface area (Å²) in [6.07, 6.45) is 3.76. The second-order valence-electron chi connectivity index (χ2n) is 7.04. The van der Waals surface area contributed by atoms with Crippen molar-refractivity contribution in [1.82, 2.24) is 15.1 Å². The number of pyridine rings is 1. The van der Waals surface area contributed by atoms with E-state index >= 15 is 0 Å². The molecule has 0 unspecified atom stereocenters. The second-order valence-corrected chi connectivity index (χ2v) is 7.04. The Morgan fingerprint density at radius 3 is 2.47 bits per heavy atom. The van der Waals surface area contributed by atoms with Crippen LogP contribution < -0.4 is 10.6 Å². The molecule has 30 heavy (non-hydrogen) atoms. The fraction of sp³-hybridized carbons (Fsp3) is 0.130. The number of aromatic nitrogens is 3. The summed E-state index contributed by atoms with van der Waals surface area (Å²) < 4.78 is 5.40. The Bertz CT molecular complexity index is 1150. The number of urea groups is 1. The van der Waals surface area contributed by atoms with Crippen LogP contribution in [0, 0.1) is 13.8 Å². The maximum Gasteiger partial charge on any atom is 0.323 e. The van der Waals surface area contributed by atoms with Gasteiger partial charge in [0.25, 0.3) is 0 Å². The summed E-state index contributed by atoms with van der Waals surface area (Å²) in [5.74, 6) is 0.969. The molecular weight excluding hydrogens is 378 g/mol. The van der Waals surface area contributed by atoms with Crippen LogP contribution in [-0.4, -0.2) is 21.2 Å². The van der Waals surface area contributed by atoms with E-state index in [9.17, 15) is 4.79 Å². The normalized spacial score (nSPS) is 10.6. The summed E-state index contributed by atoms with van der Waals surface area (Å²) in [7, 11) is 0. The molecule has 0 aliphatic carbocycles. The molecule has 4 aromatic rings. The molecular formula is C23H21N5O2. The minimum absolute atomic E-state index is 0.310. The molecule has 2 heterocycles. The Morgan fingerprint density at radius 1 is 0.967 bits per heavy atom. The monoisotopic (exact) mass is 399 g/mol. The highest BCUT2D eigenvalue weighted by molar-refractivity contribution is 6.00. The maximum atomic E-state index is 12.5. The molecule has 0 fully saturated rings. The van der Waals surface area contributed by atoms with Crippen molar-refractivity contribution in [3.05, 3.63) is 89.6 Å². The number of aryl methyl sites for hydroxylation is 2. The van der Waals surface area contributed by atoms with Crippen molar-refractivity contribution in [2.75, 3.05) is 10.6 Å². The largest absolute Gasteiger partial charge is 0.339 e. The molecule has 0 atom stereocenters. The Morgan fingerprint density at radius 2 is 1.70 bits per heavy atom. The number of hydrogen-bond acceptors (Lipinski definition) is 5. The topological polar surface area (TPSA) is 92.9 Å². The van der Waals surface area contributed by atoms with Crippen molar-refractivity contribution in [1.29, 1.82) is 0 Å². The van der Waals surface area contributed by atoms with Gasteiger partial charge in [-0.05, 0) is 60.9 Å². The molecule has 0 aliphatic heterocycles.